The van der Waals surface area contributed by atoms with Gasteiger partial charge in [0, 0.05) is 23.9 Å². The lowest BCUT2D eigenvalue weighted by molar-refractivity contribution is -0.118. The van der Waals surface area contributed by atoms with Gasteiger partial charge in [-0.3, -0.25) is 19.1 Å². The fourth-order valence-electron chi connectivity index (χ4n) is 3.59. The van der Waals surface area contributed by atoms with Crippen LogP contribution < -0.4 is 17.0 Å². The van der Waals surface area contributed by atoms with E-state index in [0.29, 0.717) is 10.2 Å². The van der Waals surface area contributed by atoms with E-state index in [1.807, 2.05) is 11.4 Å². The minimum absolute atomic E-state index is 0.0150. The molecule has 1 aromatic carbocycles. The van der Waals surface area contributed by atoms with Crippen molar-refractivity contribution in [1.29, 1.82) is 0 Å². The number of carbonyl (C=O) groups excluding carboxylic acids is 1. The van der Waals surface area contributed by atoms with Gasteiger partial charge in [0.25, 0.3) is 5.56 Å². The summed E-state index contributed by atoms with van der Waals surface area (Å²) in [6.45, 7) is -0.0150. The lowest BCUT2D eigenvalue weighted by atomic mass is 9.89. The molecule has 0 aliphatic heterocycles. The Balaban J connectivity index is 1.86. The van der Waals surface area contributed by atoms with E-state index in [9.17, 15) is 14.4 Å². The minimum atomic E-state index is -0.545. The molecule has 0 bridgehead atoms. The monoisotopic (exact) mass is 369 g/mol. The first kappa shape index (κ1) is 16.8. The van der Waals surface area contributed by atoms with Crippen LogP contribution in [0.2, 0.25) is 0 Å². The molecule has 3 N–H and O–H groups in total. The Morgan fingerprint density at radius 2 is 1.96 bits per heavy atom. The van der Waals surface area contributed by atoms with Crippen LogP contribution in [0.1, 0.15) is 30.4 Å². The molecule has 6 nitrogen and oxygen atoms in total. The van der Waals surface area contributed by atoms with E-state index in [0.717, 1.165) is 28.5 Å². The van der Waals surface area contributed by atoms with E-state index >= 15 is 0 Å². The summed E-state index contributed by atoms with van der Waals surface area (Å²) in [6, 6.07) is 6.35. The van der Waals surface area contributed by atoms with Crippen molar-refractivity contribution in [2.75, 3.05) is 0 Å². The van der Waals surface area contributed by atoms with Crippen LogP contribution in [-0.4, -0.2) is 15.5 Å². The second-order valence-electron chi connectivity index (χ2n) is 6.65. The number of hydrogen-bond acceptors (Lipinski definition) is 4. The highest BCUT2D eigenvalue weighted by atomic mass is 32.1. The molecule has 0 saturated carbocycles. The summed E-state index contributed by atoms with van der Waals surface area (Å²) in [5.41, 5.74) is 8.80. The summed E-state index contributed by atoms with van der Waals surface area (Å²) in [5, 5.41) is 2.40. The molecular formula is C19H19N3O3S. The maximum atomic E-state index is 12.9. The summed E-state index contributed by atoms with van der Waals surface area (Å²) >= 11 is 1.35. The fraction of sp³-hybridized carbons (Fsp3) is 0.316. The highest BCUT2D eigenvalue weighted by molar-refractivity contribution is 7.17. The van der Waals surface area contributed by atoms with Crippen molar-refractivity contribution < 1.29 is 4.79 Å². The van der Waals surface area contributed by atoms with Crippen LogP contribution in [0.4, 0.5) is 0 Å². The molecule has 1 aliphatic carbocycles. The zero-order chi connectivity index (χ0) is 18.3. The van der Waals surface area contributed by atoms with E-state index < -0.39 is 11.6 Å². The summed E-state index contributed by atoms with van der Waals surface area (Å²) < 4.78 is 1.06. The summed E-state index contributed by atoms with van der Waals surface area (Å²) in [6.07, 6.45) is 4.53. The third kappa shape index (κ3) is 2.88. The lowest BCUT2D eigenvalue weighted by Crippen LogP contribution is -2.36. The molecule has 7 heteroatoms. The van der Waals surface area contributed by atoms with E-state index in [2.05, 4.69) is 17.1 Å². The van der Waals surface area contributed by atoms with Gasteiger partial charge in [0.05, 0.1) is 5.39 Å². The number of carbonyl (C=O) groups is 1. The average molecular weight is 369 g/mol. The third-order valence-electron chi connectivity index (χ3n) is 4.96. The van der Waals surface area contributed by atoms with Gasteiger partial charge in [-0.1, -0.05) is 18.2 Å². The SMILES string of the molecule is NC(=O)CCn1c(=O)[nH]c2scc(-c3ccc4c(c3)CCCC4)c2c1=O. The molecule has 26 heavy (non-hydrogen) atoms. The number of rotatable bonds is 4. The first-order valence-electron chi connectivity index (χ1n) is 8.69. The van der Waals surface area contributed by atoms with Gasteiger partial charge in [0.1, 0.15) is 4.83 Å². The van der Waals surface area contributed by atoms with Crippen LogP contribution in [-0.2, 0) is 24.2 Å². The number of aromatic nitrogens is 2. The van der Waals surface area contributed by atoms with Gasteiger partial charge in [0.2, 0.25) is 5.91 Å². The Bertz CT molecular complexity index is 1120. The maximum Gasteiger partial charge on any atom is 0.329 e. The van der Waals surface area contributed by atoms with E-state index in [1.54, 1.807) is 0 Å². The van der Waals surface area contributed by atoms with Crippen LogP contribution >= 0.6 is 11.3 Å². The van der Waals surface area contributed by atoms with Gasteiger partial charge in [-0.25, -0.2) is 4.79 Å². The van der Waals surface area contributed by atoms with Crippen molar-refractivity contribution in [3.8, 4) is 11.1 Å². The number of nitrogens with one attached hydrogen (secondary N) is 1. The van der Waals surface area contributed by atoms with Crippen molar-refractivity contribution in [3.05, 3.63) is 55.5 Å². The zero-order valence-corrected chi connectivity index (χ0v) is 15.0. The predicted molar refractivity (Wildman–Crippen MR) is 103 cm³/mol. The number of nitrogens with two attached hydrogens (primary N) is 1. The van der Waals surface area contributed by atoms with Crippen LogP contribution in [0.3, 0.4) is 0 Å². The first-order valence-corrected chi connectivity index (χ1v) is 9.57. The topological polar surface area (TPSA) is 97.9 Å². The van der Waals surface area contributed by atoms with Crippen molar-refractivity contribution in [2.24, 2.45) is 5.73 Å². The van der Waals surface area contributed by atoms with Gasteiger partial charge in [-0.05, 0) is 42.4 Å². The molecule has 0 unspecified atom stereocenters. The minimum Gasteiger partial charge on any atom is -0.370 e. The fourth-order valence-corrected chi connectivity index (χ4v) is 4.54. The number of thiophene rings is 1. The molecular weight excluding hydrogens is 350 g/mol. The van der Waals surface area contributed by atoms with Crippen LogP contribution in [0.15, 0.2) is 33.2 Å². The molecule has 1 aliphatic rings. The van der Waals surface area contributed by atoms with Gasteiger partial charge < -0.3 is 5.73 Å². The van der Waals surface area contributed by atoms with E-state index in [-0.39, 0.29) is 18.5 Å². The second-order valence-corrected chi connectivity index (χ2v) is 7.53. The highest BCUT2D eigenvalue weighted by Gasteiger charge is 2.17. The normalized spacial score (nSPS) is 13.7. The number of aromatic amines is 1. The van der Waals surface area contributed by atoms with E-state index in [1.165, 1.54) is 35.3 Å². The maximum absolute atomic E-state index is 12.9. The number of amides is 1. The van der Waals surface area contributed by atoms with Gasteiger partial charge in [0.15, 0.2) is 0 Å². The first-order chi connectivity index (χ1) is 12.5. The number of benzene rings is 1. The Morgan fingerprint density at radius 3 is 2.73 bits per heavy atom. The predicted octanol–water partition coefficient (Wildman–Crippen LogP) is 2.17. The number of nitrogens with zero attached hydrogens (tertiary/aromatic N) is 1. The number of fused-ring (bicyclic) bond motifs is 2. The molecule has 0 fully saturated rings. The summed E-state index contributed by atoms with van der Waals surface area (Å²) in [5.74, 6) is -0.545. The number of primary amides is 1. The highest BCUT2D eigenvalue weighted by Crippen LogP contribution is 2.33. The Morgan fingerprint density at radius 1 is 1.19 bits per heavy atom. The molecule has 0 spiro atoms. The molecule has 4 rings (SSSR count). The lowest BCUT2D eigenvalue weighted by Gasteiger charge is -2.16. The average Bonchev–Trinajstić information content (AvgIpc) is 3.04. The number of aryl methyl sites for hydroxylation is 2. The summed E-state index contributed by atoms with van der Waals surface area (Å²) in [7, 11) is 0. The molecule has 2 heterocycles. The van der Waals surface area contributed by atoms with Crippen molar-refractivity contribution in [1.82, 2.24) is 9.55 Å². The second kappa shape index (κ2) is 6.57. The molecule has 134 valence electrons. The Labute approximate surface area is 153 Å². The quantitative estimate of drug-likeness (QED) is 0.737. The van der Waals surface area contributed by atoms with Crippen molar-refractivity contribution >= 4 is 27.5 Å². The van der Waals surface area contributed by atoms with Crippen LogP contribution in [0.25, 0.3) is 21.3 Å². The molecule has 0 saturated heterocycles. The van der Waals surface area contributed by atoms with Crippen LogP contribution in [0.5, 0.6) is 0 Å². The third-order valence-corrected chi connectivity index (χ3v) is 5.85. The van der Waals surface area contributed by atoms with Crippen molar-refractivity contribution in [3.63, 3.8) is 0 Å². The van der Waals surface area contributed by atoms with Crippen LogP contribution in [0, 0.1) is 0 Å². The van der Waals surface area contributed by atoms with Gasteiger partial charge >= 0.3 is 5.69 Å². The smallest absolute Gasteiger partial charge is 0.329 e. The largest absolute Gasteiger partial charge is 0.370 e. The molecule has 1 amide bonds. The molecule has 0 radical (unpaired) electrons. The van der Waals surface area contributed by atoms with E-state index in [4.69, 9.17) is 5.73 Å². The van der Waals surface area contributed by atoms with Gasteiger partial charge in [-0.15, -0.1) is 11.3 Å². The molecule has 0 atom stereocenters. The summed E-state index contributed by atoms with van der Waals surface area (Å²) in [4.78, 5) is 39.4. The molecule has 2 aromatic heterocycles. The Hall–Kier alpha value is -2.67. The number of hydrogen-bond donors (Lipinski definition) is 2. The number of H-pyrrole nitrogens is 1. The zero-order valence-electron chi connectivity index (χ0n) is 14.2. The Kier molecular flexibility index (Phi) is 4.24. The molecule has 3 aromatic rings. The van der Waals surface area contributed by atoms with Crippen molar-refractivity contribution in [2.45, 2.75) is 38.6 Å². The standard InChI is InChI=1S/C19H19N3O3S/c20-15(23)7-8-22-18(24)16-14(10-26-17(16)21-19(22)25)13-6-5-11-3-1-2-4-12(11)9-13/h5-6,9-10H,1-4,7-8H2,(H2,20,23)(H,21,25). The van der Waals surface area contributed by atoms with Gasteiger partial charge in [-0.2, -0.15) is 0 Å².